The average Bonchev–Trinajstić information content (AvgIpc) is 2.29. The second-order valence-corrected chi connectivity index (χ2v) is 3.73. The zero-order valence-corrected chi connectivity index (χ0v) is 10.1. The zero-order valence-electron chi connectivity index (χ0n) is 10.1. The number of nitrogens with one attached hydrogen (secondary N) is 1. The first-order valence-electron chi connectivity index (χ1n) is 5.74. The normalized spacial score (nSPS) is 11.5. The number of carbonyl (C=O) groups is 1. The van der Waals surface area contributed by atoms with E-state index >= 15 is 0 Å². The fraction of sp³-hybridized carbons (Fsp3) is 0.909. The van der Waals surface area contributed by atoms with Crippen molar-refractivity contribution in [3.05, 3.63) is 0 Å². The number of hydrogen-bond acceptors (Lipinski definition) is 3. The van der Waals surface area contributed by atoms with Gasteiger partial charge in [-0.25, -0.2) is 0 Å². The van der Waals surface area contributed by atoms with Gasteiger partial charge in [0, 0.05) is 13.1 Å². The largest absolute Gasteiger partial charge is 0.364 e. The number of ether oxygens (including phenoxy) is 1. The van der Waals surface area contributed by atoms with E-state index in [1.165, 1.54) is 0 Å². The topological polar surface area (TPSA) is 64.3 Å². The molecule has 0 saturated carbocycles. The Balaban J connectivity index is 3.93. The first kappa shape index (κ1) is 14.4. The van der Waals surface area contributed by atoms with Gasteiger partial charge in [-0.2, -0.15) is 0 Å². The first-order valence-corrected chi connectivity index (χ1v) is 5.74. The van der Waals surface area contributed by atoms with Crippen LogP contribution in [0.2, 0.25) is 0 Å². The van der Waals surface area contributed by atoms with Crippen molar-refractivity contribution >= 4 is 5.91 Å². The molecular formula is C11H24N2O2. The van der Waals surface area contributed by atoms with Gasteiger partial charge in [0.2, 0.25) is 5.91 Å². The molecule has 90 valence electrons. The molecule has 0 bridgehead atoms. The van der Waals surface area contributed by atoms with Gasteiger partial charge in [0.15, 0.2) is 0 Å². The predicted molar refractivity (Wildman–Crippen MR) is 61.6 cm³/mol. The van der Waals surface area contributed by atoms with Crippen molar-refractivity contribution in [3.8, 4) is 0 Å². The highest BCUT2D eigenvalue weighted by molar-refractivity contribution is 5.77. The van der Waals surface area contributed by atoms with Crippen LogP contribution in [-0.2, 0) is 9.53 Å². The summed E-state index contributed by atoms with van der Waals surface area (Å²) in [7, 11) is 0. The summed E-state index contributed by atoms with van der Waals surface area (Å²) in [5, 5.41) is 2.77. The van der Waals surface area contributed by atoms with Crippen LogP contribution in [-0.4, -0.2) is 31.2 Å². The van der Waals surface area contributed by atoms with Crippen LogP contribution in [0.25, 0.3) is 0 Å². The summed E-state index contributed by atoms with van der Waals surface area (Å²) < 4.78 is 5.60. The molecule has 0 radical (unpaired) electrons. The third-order valence-corrected chi connectivity index (χ3v) is 2.74. The van der Waals surface area contributed by atoms with E-state index < -0.39 is 0 Å². The Labute approximate surface area is 92.6 Å². The fourth-order valence-corrected chi connectivity index (χ4v) is 1.34. The summed E-state index contributed by atoms with van der Waals surface area (Å²) >= 11 is 0. The van der Waals surface area contributed by atoms with Crippen LogP contribution >= 0.6 is 0 Å². The molecule has 15 heavy (non-hydrogen) atoms. The smallest absolute Gasteiger partial charge is 0.246 e. The highest BCUT2D eigenvalue weighted by Crippen LogP contribution is 2.18. The maximum absolute atomic E-state index is 11.3. The van der Waals surface area contributed by atoms with Crippen molar-refractivity contribution in [2.24, 2.45) is 5.73 Å². The molecule has 0 aromatic carbocycles. The van der Waals surface area contributed by atoms with E-state index in [0.717, 1.165) is 19.3 Å². The molecule has 0 aliphatic heterocycles. The average molecular weight is 216 g/mol. The molecule has 0 fully saturated rings. The standard InChI is InChI=1S/C11H24N2O2/c1-4-7-13-10(14)8-15-11(5-2,6-3)9-12/h4-9,12H2,1-3H3,(H,13,14). The number of nitrogens with two attached hydrogens (primary N) is 1. The summed E-state index contributed by atoms with van der Waals surface area (Å²) in [6, 6.07) is 0. The molecule has 4 heteroatoms. The number of amides is 1. The van der Waals surface area contributed by atoms with E-state index in [9.17, 15) is 4.79 Å². The van der Waals surface area contributed by atoms with Crippen molar-refractivity contribution in [1.82, 2.24) is 5.32 Å². The molecular weight excluding hydrogens is 192 g/mol. The van der Waals surface area contributed by atoms with Gasteiger partial charge in [0.1, 0.15) is 6.61 Å². The quantitative estimate of drug-likeness (QED) is 0.637. The van der Waals surface area contributed by atoms with Gasteiger partial charge in [-0.3, -0.25) is 4.79 Å². The molecule has 0 spiro atoms. The Morgan fingerprint density at radius 3 is 2.33 bits per heavy atom. The van der Waals surface area contributed by atoms with E-state index in [0.29, 0.717) is 13.1 Å². The minimum atomic E-state index is -0.330. The molecule has 1 amide bonds. The minimum Gasteiger partial charge on any atom is -0.364 e. The van der Waals surface area contributed by atoms with Crippen LogP contribution in [0.5, 0.6) is 0 Å². The Kier molecular flexibility index (Phi) is 7.34. The van der Waals surface area contributed by atoms with Crippen LogP contribution in [0, 0.1) is 0 Å². The van der Waals surface area contributed by atoms with Crippen molar-refractivity contribution in [2.45, 2.75) is 45.6 Å². The maximum Gasteiger partial charge on any atom is 0.246 e. The van der Waals surface area contributed by atoms with Crippen molar-refractivity contribution in [3.63, 3.8) is 0 Å². The fourth-order valence-electron chi connectivity index (χ4n) is 1.34. The molecule has 0 unspecified atom stereocenters. The number of carbonyl (C=O) groups excluding carboxylic acids is 1. The third kappa shape index (κ3) is 5.14. The molecule has 4 nitrogen and oxygen atoms in total. The summed E-state index contributed by atoms with van der Waals surface area (Å²) in [6.07, 6.45) is 2.61. The van der Waals surface area contributed by atoms with Gasteiger partial charge in [0.25, 0.3) is 0 Å². The van der Waals surface area contributed by atoms with E-state index in [1.807, 2.05) is 20.8 Å². The summed E-state index contributed by atoms with van der Waals surface area (Å²) in [4.78, 5) is 11.3. The SMILES string of the molecule is CCCNC(=O)COC(CC)(CC)CN. The monoisotopic (exact) mass is 216 g/mol. The van der Waals surface area contributed by atoms with E-state index in [1.54, 1.807) is 0 Å². The maximum atomic E-state index is 11.3. The van der Waals surface area contributed by atoms with Gasteiger partial charge in [-0.05, 0) is 19.3 Å². The van der Waals surface area contributed by atoms with Crippen LogP contribution in [0.3, 0.4) is 0 Å². The predicted octanol–water partition coefficient (Wildman–Crippen LogP) is 1.05. The van der Waals surface area contributed by atoms with Crippen LogP contribution < -0.4 is 11.1 Å². The molecule has 0 aromatic rings. The molecule has 0 aromatic heterocycles. The molecule has 0 aliphatic carbocycles. The summed E-state index contributed by atoms with van der Waals surface area (Å²) in [5.74, 6) is -0.0587. The zero-order chi connectivity index (χ0) is 11.7. The number of hydrogen-bond donors (Lipinski definition) is 2. The van der Waals surface area contributed by atoms with Crippen LogP contribution in [0.1, 0.15) is 40.0 Å². The van der Waals surface area contributed by atoms with Gasteiger partial charge >= 0.3 is 0 Å². The second kappa shape index (κ2) is 7.65. The highest BCUT2D eigenvalue weighted by atomic mass is 16.5. The highest BCUT2D eigenvalue weighted by Gasteiger charge is 2.25. The van der Waals surface area contributed by atoms with Gasteiger partial charge in [-0.1, -0.05) is 20.8 Å². The van der Waals surface area contributed by atoms with Gasteiger partial charge in [0.05, 0.1) is 5.60 Å². The van der Waals surface area contributed by atoms with Crippen LogP contribution in [0.15, 0.2) is 0 Å². The van der Waals surface area contributed by atoms with E-state index in [-0.39, 0.29) is 18.1 Å². The third-order valence-electron chi connectivity index (χ3n) is 2.74. The van der Waals surface area contributed by atoms with Crippen molar-refractivity contribution in [1.29, 1.82) is 0 Å². The van der Waals surface area contributed by atoms with Gasteiger partial charge in [-0.15, -0.1) is 0 Å². The lowest BCUT2D eigenvalue weighted by Gasteiger charge is -2.30. The summed E-state index contributed by atoms with van der Waals surface area (Å²) in [6.45, 7) is 7.35. The Morgan fingerprint density at radius 1 is 1.33 bits per heavy atom. The first-order chi connectivity index (χ1) is 7.14. The molecule has 3 N–H and O–H groups in total. The minimum absolute atomic E-state index is 0.0587. The molecule has 0 aliphatic rings. The molecule has 0 saturated heterocycles. The molecule has 0 heterocycles. The Morgan fingerprint density at radius 2 is 1.93 bits per heavy atom. The molecule has 0 rings (SSSR count). The van der Waals surface area contributed by atoms with Crippen molar-refractivity contribution < 1.29 is 9.53 Å². The lowest BCUT2D eigenvalue weighted by Crippen LogP contribution is -2.42. The number of rotatable bonds is 8. The van der Waals surface area contributed by atoms with Gasteiger partial charge < -0.3 is 15.8 Å². The Bertz CT molecular complexity index is 171. The van der Waals surface area contributed by atoms with Crippen LogP contribution in [0.4, 0.5) is 0 Å². The Hall–Kier alpha value is -0.610. The van der Waals surface area contributed by atoms with E-state index in [2.05, 4.69) is 5.32 Å². The molecule has 0 atom stereocenters. The lowest BCUT2D eigenvalue weighted by atomic mass is 9.97. The van der Waals surface area contributed by atoms with E-state index in [4.69, 9.17) is 10.5 Å². The second-order valence-electron chi connectivity index (χ2n) is 3.73. The van der Waals surface area contributed by atoms with Crippen molar-refractivity contribution in [2.75, 3.05) is 19.7 Å². The summed E-state index contributed by atoms with van der Waals surface area (Å²) in [5.41, 5.74) is 5.33. The lowest BCUT2D eigenvalue weighted by molar-refractivity contribution is -0.133.